The van der Waals surface area contributed by atoms with Crippen LogP contribution in [-0.4, -0.2) is 18.1 Å². The predicted molar refractivity (Wildman–Crippen MR) is 61.5 cm³/mol. The van der Waals surface area contributed by atoms with Gasteiger partial charge in [-0.25, -0.2) is 0 Å². The van der Waals surface area contributed by atoms with Crippen LogP contribution in [0.15, 0.2) is 12.1 Å². The molecule has 1 rings (SSSR count). The number of carbonyl (C=O) groups is 2. The number of Topliss-reactive ketones (excluding diaryl/α,β-unsaturated/α-hetero) is 2. The third-order valence-electron chi connectivity index (χ3n) is 1.93. The minimum Gasteiger partial charge on any atom is -0.324 e. The van der Waals surface area contributed by atoms with Crippen LogP contribution in [0.4, 0.5) is 0 Å². The maximum atomic E-state index is 11.6. The second-order valence-corrected chi connectivity index (χ2v) is 4.90. The van der Waals surface area contributed by atoms with Crippen molar-refractivity contribution in [2.45, 2.75) is 20.3 Å². The molecule has 0 radical (unpaired) electrons. The third kappa shape index (κ3) is 3.25. The number of hydrogen-bond acceptors (Lipinski definition) is 4. The highest BCUT2D eigenvalue weighted by Gasteiger charge is 2.13. The van der Waals surface area contributed by atoms with Crippen molar-refractivity contribution in [3.8, 4) is 0 Å². The molecule has 15 heavy (non-hydrogen) atoms. The summed E-state index contributed by atoms with van der Waals surface area (Å²) in [6.45, 7) is 3.99. The number of ketones is 2. The van der Waals surface area contributed by atoms with Gasteiger partial charge in [0.1, 0.15) is 0 Å². The lowest BCUT2D eigenvalue weighted by atomic mass is 10.1. The number of carbonyl (C=O) groups excluding carboxylic acids is 2. The van der Waals surface area contributed by atoms with Crippen LogP contribution in [-0.2, 0) is 0 Å². The smallest absolute Gasteiger partial charge is 0.186 e. The summed E-state index contributed by atoms with van der Waals surface area (Å²) in [5.74, 6) is 0.336. The summed E-state index contributed by atoms with van der Waals surface area (Å²) in [6.07, 6.45) is 0.525. The number of rotatable bonds is 5. The fraction of sp³-hybridized carbons (Fsp3) is 0.455. The van der Waals surface area contributed by atoms with Crippen LogP contribution in [0.25, 0.3) is 0 Å². The van der Waals surface area contributed by atoms with Crippen molar-refractivity contribution >= 4 is 22.9 Å². The minimum atomic E-state index is -0.108. The van der Waals surface area contributed by atoms with E-state index >= 15 is 0 Å². The highest BCUT2D eigenvalue weighted by atomic mass is 32.1. The minimum absolute atomic E-state index is 0.00166. The molecule has 4 heteroatoms. The second-order valence-electron chi connectivity index (χ2n) is 3.81. The van der Waals surface area contributed by atoms with E-state index in [1.54, 1.807) is 12.1 Å². The quantitative estimate of drug-likeness (QED) is 0.781. The molecule has 82 valence electrons. The van der Waals surface area contributed by atoms with Gasteiger partial charge in [-0.15, -0.1) is 11.3 Å². The molecule has 0 unspecified atom stereocenters. The summed E-state index contributed by atoms with van der Waals surface area (Å²) in [5, 5.41) is 0. The van der Waals surface area contributed by atoms with Gasteiger partial charge in [-0.2, -0.15) is 0 Å². The molecule has 0 saturated heterocycles. The molecule has 2 N–H and O–H groups in total. The van der Waals surface area contributed by atoms with Gasteiger partial charge in [0.15, 0.2) is 11.6 Å². The van der Waals surface area contributed by atoms with Crippen molar-refractivity contribution in [2.24, 2.45) is 11.7 Å². The van der Waals surface area contributed by atoms with Gasteiger partial charge in [0.25, 0.3) is 0 Å². The summed E-state index contributed by atoms with van der Waals surface area (Å²) in [7, 11) is 0. The van der Waals surface area contributed by atoms with Crippen LogP contribution < -0.4 is 5.73 Å². The Balaban J connectivity index is 2.75. The first kappa shape index (κ1) is 12.1. The van der Waals surface area contributed by atoms with Gasteiger partial charge in [-0.05, 0) is 18.1 Å². The Bertz CT molecular complexity index is 368. The Morgan fingerprint density at radius 2 is 1.80 bits per heavy atom. The van der Waals surface area contributed by atoms with Gasteiger partial charge in [0.05, 0.1) is 16.3 Å². The molecule has 0 fully saturated rings. The summed E-state index contributed by atoms with van der Waals surface area (Å²) < 4.78 is 0. The maximum Gasteiger partial charge on any atom is 0.186 e. The predicted octanol–water partition coefficient (Wildman–Crippen LogP) is 2.12. The van der Waals surface area contributed by atoms with Gasteiger partial charge >= 0.3 is 0 Å². The van der Waals surface area contributed by atoms with Crippen LogP contribution in [0.1, 0.15) is 39.6 Å². The van der Waals surface area contributed by atoms with Gasteiger partial charge in [0.2, 0.25) is 0 Å². The van der Waals surface area contributed by atoms with Crippen molar-refractivity contribution in [1.29, 1.82) is 0 Å². The Labute approximate surface area is 93.3 Å². The molecule has 0 aliphatic carbocycles. The van der Waals surface area contributed by atoms with E-state index < -0.39 is 0 Å². The van der Waals surface area contributed by atoms with Crippen LogP contribution in [0.3, 0.4) is 0 Å². The fourth-order valence-corrected chi connectivity index (χ4v) is 2.11. The zero-order valence-electron chi connectivity index (χ0n) is 8.95. The highest BCUT2D eigenvalue weighted by Crippen LogP contribution is 2.19. The van der Waals surface area contributed by atoms with Crippen molar-refractivity contribution in [2.75, 3.05) is 6.54 Å². The second kappa shape index (κ2) is 5.19. The third-order valence-corrected chi connectivity index (χ3v) is 3.10. The average molecular weight is 225 g/mol. The Kier molecular flexibility index (Phi) is 4.17. The summed E-state index contributed by atoms with van der Waals surface area (Å²) in [4.78, 5) is 24.1. The highest BCUT2D eigenvalue weighted by molar-refractivity contribution is 7.16. The molecule has 0 saturated carbocycles. The molecular weight excluding hydrogens is 210 g/mol. The molecular formula is C11H15NO2S. The molecule has 0 atom stereocenters. The van der Waals surface area contributed by atoms with Crippen molar-refractivity contribution < 1.29 is 9.59 Å². The van der Waals surface area contributed by atoms with E-state index in [9.17, 15) is 9.59 Å². The van der Waals surface area contributed by atoms with E-state index in [0.717, 1.165) is 0 Å². The van der Waals surface area contributed by atoms with E-state index in [1.807, 2.05) is 13.8 Å². The molecule has 0 bridgehead atoms. The first-order valence-electron chi connectivity index (χ1n) is 4.91. The lowest BCUT2D eigenvalue weighted by Crippen LogP contribution is -2.11. The van der Waals surface area contributed by atoms with Crippen LogP contribution in [0, 0.1) is 5.92 Å². The SMILES string of the molecule is CC(C)CC(=O)c1ccc(C(=O)CN)s1. The van der Waals surface area contributed by atoms with Gasteiger partial charge in [-0.1, -0.05) is 13.8 Å². The molecule has 0 amide bonds. The number of hydrogen-bond donors (Lipinski definition) is 1. The van der Waals surface area contributed by atoms with Crippen LogP contribution in [0.2, 0.25) is 0 Å². The summed E-state index contributed by atoms with van der Waals surface area (Å²) in [6, 6.07) is 3.38. The summed E-state index contributed by atoms with van der Waals surface area (Å²) >= 11 is 1.24. The molecule has 0 aromatic carbocycles. The van der Waals surface area contributed by atoms with E-state index in [4.69, 9.17) is 5.73 Å². The normalized spacial score (nSPS) is 10.7. The van der Waals surface area contributed by atoms with E-state index in [2.05, 4.69) is 0 Å². The molecule has 3 nitrogen and oxygen atoms in total. The average Bonchev–Trinajstić information content (AvgIpc) is 2.64. The van der Waals surface area contributed by atoms with E-state index in [0.29, 0.717) is 22.1 Å². The molecule has 1 heterocycles. The first-order valence-corrected chi connectivity index (χ1v) is 5.72. The van der Waals surface area contributed by atoms with E-state index in [1.165, 1.54) is 11.3 Å². The molecule has 0 aliphatic heterocycles. The van der Waals surface area contributed by atoms with Gasteiger partial charge in [0, 0.05) is 6.42 Å². The molecule has 1 aromatic heterocycles. The van der Waals surface area contributed by atoms with Gasteiger partial charge < -0.3 is 5.73 Å². The van der Waals surface area contributed by atoms with Crippen molar-refractivity contribution in [3.63, 3.8) is 0 Å². The lowest BCUT2D eigenvalue weighted by Gasteiger charge is -2.00. The molecule has 0 aliphatic rings. The largest absolute Gasteiger partial charge is 0.324 e. The number of thiophene rings is 1. The Morgan fingerprint density at radius 3 is 2.27 bits per heavy atom. The fourth-order valence-electron chi connectivity index (χ4n) is 1.21. The standard InChI is InChI=1S/C11H15NO2S/c1-7(2)5-8(13)10-3-4-11(15-10)9(14)6-12/h3-4,7H,5-6,12H2,1-2H3. The van der Waals surface area contributed by atoms with E-state index in [-0.39, 0.29) is 18.1 Å². The van der Waals surface area contributed by atoms with Crippen LogP contribution in [0.5, 0.6) is 0 Å². The van der Waals surface area contributed by atoms with Crippen LogP contribution >= 0.6 is 11.3 Å². The first-order chi connectivity index (χ1) is 7.04. The Hall–Kier alpha value is -1.00. The Morgan fingerprint density at radius 1 is 1.27 bits per heavy atom. The topological polar surface area (TPSA) is 60.2 Å². The van der Waals surface area contributed by atoms with Gasteiger partial charge in [-0.3, -0.25) is 9.59 Å². The number of nitrogens with two attached hydrogens (primary N) is 1. The lowest BCUT2D eigenvalue weighted by molar-refractivity contribution is 0.0970. The molecule has 0 spiro atoms. The van der Waals surface area contributed by atoms with Crippen molar-refractivity contribution in [1.82, 2.24) is 0 Å². The monoisotopic (exact) mass is 225 g/mol. The molecule has 1 aromatic rings. The van der Waals surface area contributed by atoms with Crippen molar-refractivity contribution in [3.05, 3.63) is 21.9 Å². The maximum absolute atomic E-state index is 11.6. The summed E-state index contributed by atoms with van der Waals surface area (Å²) in [5.41, 5.74) is 5.24. The zero-order valence-corrected chi connectivity index (χ0v) is 9.76. The zero-order chi connectivity index (χ0) is 11.4.